The zero-order valence-corrected chi connectivity index (χ0v) is 21.9. The average molecular weight is 539 g/mol. The second-order valence-electron chi connectivity index (χ2n) is 9.61. The van der Waals surface area contributed by atoms with Gasteiger partial charge in [-0.2, -0.15) is 0 Å². The van der Waals surface area contributed by atoms with Crippen molar-refractivity contribution in [3.63, 3.8) is 0 Å². The Kier molecular flexibility index (Phi) is 6.52. The Morgan fingerprint density at radius 1 is 0.763 bits per heavy atom. The van der Waals surface area contributed by atoms with Gasteiger partial charge in [0.05, 0.1) is 17.4 Å². The van der Waals surface area contributed by atoms with Crippen LogP contribution >= 0.6 is 23.2 Å². The predicted molar refractivity (Wildman–Crippen MR) is 153 cm³/mol. The van der Waals surface area contributed by atoms with E-state index in [4.69, 9.17) is 23.2 Å². The predicted octanol–water partition coefficient (Wildman–Crippen LogP) is 8.21. The number of rotatable bonds is 3. The van der Waals surface area contributed by atoms with Gasteiger partial charge < -0.3 is 5.32 Å². The Morgan fingerprint density at radius 3 is 2.26 bits per heavy atom. The molecule has 0 radical (unpaired) electrons. The van der Waals surface area contributed by atoms with E-state index in [9.17, 15) is 9.59 Å². The number of hydrogen-bond donors (Lipinski definition) is 1. The van der Waals surface area contributed by atoms with Crippen LogP contribution < -0.4 is 10.2 Å². The summed E-state index contributed by atoms with van der Waals surface area (Å²) < 4.78 is 0. The molecule has 188 valence electrons. The lowest BCUT2D eigenvalue weighted by molar-refractivity contribution is -0.116. The van der Waals surface area contributed by atoms with Gasteiger partial charge in [-0.05, 0) is 72.0 Å². The van der Waals surface area contributed by atoms with Crippen LogP contribution in [0.25, 0.3) is 0 Å². The van der Waals surface area contributed by atoms with Crippen molar-refractivity contribution >= 4 is 46.3 Å². The van der Waals surface area contributed by atoms with Crippen LogP contribution in [-0.2, 0) is 4.79 Å². The first-order valence-corrected chi connectivity index (χ1v) is 13.3. The van der Waals surface area contributed by atoms with Gasteiger partial charge in [0.15, 0.2) is 5.78 Å². The molecule has 0 bridgehead atoms. The summed E-state index contributed by atoms with van der Waals surface area (Å²) in [6.07, 6.45) is 0.963. The minimum absolute atomic E-state index is 0.00217. The molecule has 0 fully saturated rings. The van der Waals surface area contributed by atoms with Crippen molar-refractivity contribution in [1.29, 1.82) is 0 Å². The van der Waals surface area contributed by atoms with E-state index in [1.165, 1.54) is 0 Å². The molecule has 0 saturated carbocycles. The molecule has 1 amide bonds. The maximum Gasteiger partial charge on any atom is 0.259 e. The number of ketones is 1. The molecule has 0 spiro atoms. The number of Topliss-reactive ketones (excluding diaryl/α,β-unsaturated/α-hetero) is 1. The molecule has 1 N–H and O–H groups in total. The van der Waals surface area contributed by atoms with E-state index in [0.29, 0.717) is 39.7 Å². The molecule has 0 saturated heterocycles. The summed E-state index contributed by atoms with van der Waals surface area (Å²) in [6, 6.07) is 31.3. The highest BCUT2D eigenvalue weighted by atomic mass is 35.5. The highest BCUT2D eigenvalue weighted by molar-refractivity contribution is 6.31. The maximum absolute atomic E-state index is 14.2. The molecule has 2 atom stereocenters. The lowest BCUT2D eigenvalue weighted by Gasteiger charge is -2.35. The quantitative estimate of drug-likeness (QED) is 0.286. The van der Waals surface area contributed by atoms with E-state index in [0.717, 1.165) is 22.5 Å². The second-order valence-corrected chi connectivity index (χ2v) is 10.5. The lowest BCUT2D eigenvalue weighted by atomic mass is 9.78. The van der Waals surface area contributed by atoms with Gasteiger partial charge in [0, 0.05) is 33.3 Å². The van der Waals surface area contributed by atoms with Crippen LogP contribution in [0.5, 0.6) is 0 Å². The number of carbonyl (C=O) groups is 2. The van der Waals surface area contributed by atoms with Crippen LogP contribution in [0, 0.1) is 0 Å². The smallest absolute Gasteiger partial charge is 0.259 e. The topological polar surface area (TPSA) is 49.4 Å². The molecule has 1 aliphatic heterocycles. The number of amides is 1. The zero-order valence-electron chi connectivity index (χ0n) is 20.4. The fraction of sp³-hybridized carbons (Fsp3) is 0.125. The number of allylic oxidation sites excluding steroid dienone is 1. The molecule has 4 nitrogen and oxygen atoms in total. The van der Waals surface area contributed by atoms with Crippen LogP contribution in [-0.4, -0.2) is 11.7 Å². The van der Waals surface area contributed by atoms with Gasteiger partial charge in [0.1, 0.15) is 0 Å². The van der Waals surface area contributed by atoms with E-state index in [-0.39, 0.29) is 17.6 Å². The van der Waals surface area contributed by atoms with Crippen molar-refractivity contribution in [3.8, 4) is 0 Å². The molecule has 4 aromatic carbocycles. The van der Waals surface area contributed by atoms with Crippen molar-refractivity contribution in [1.82, 2.24) is 0 Å². The highest BCUT2D eigenvalue weighted by Crippen LogP contribution is 2.48. The molecule has 1 aliphatic carbocycles. The SMILES string of the molecule is O=C1C[C@H](c2ccc(Cl)cc2)CC2=C1[C@@H](c1cccc(Cl)c1)N(C(=O)c1ccccc1)c1ccccc1N2. The third kappa shape index (κ3) is 4.51. The summed E-state index contributed by atoms with van der Waals surface area (Å²) in [4.78, 5) is 30.0. The number of fused-ring (bicyclic) bond motifs is 1. The number of carbonyl (C=O) groups excluding carboxylic acids is 2. The van der Waals surface area contributed by atoms with Crippen molar-refractivity contribution in [2.75, 3.05) is 10.2 Å². The maximum atomic E-state index is 14.2. The number of benzene rings is 4. The summed E-state index contributed by atoms with van der Waals surface area (Å²) in [5.41, 5.74) is 5.28. The van der Waals surface area contributed by atoms with E-state index >= 15 is 0 Å². The molecule has 0 aromatic heterocycles. The minimum Gasteiger partial charge on any atom is -0.357 e. The first kappa shape index (κ1) is 24.5. The third-order valence-corrected chi connectivity index (χ3v) is 7.72. The van der Waals surface area contributed by atoms with Crippen molar-refractivity contribution in [2.24, 2.45) is 0 Å². The van der Waals surface area contributed by atoms with Gasteiger partial charge in [-0.1, -0.05) is 77.8 Å². The summed E-state index contributed by atoms with van der Waals surface area (Å²) in [5.74, 6) is -0.192. The van der Waals surface area contributed by atoms with Crippen LogP contribution in [0.4, 0.5) is 11.4 Å². The zero-order chi connectivity index (χ0) is 26.2. The Hall–Kier alpha value is -3.86. The highest BCUT2D eigenvalue weighted by Gasteiger charge is 2.41. The summed E-state index contributed by atoms with van der Waals surface area (Å²) >= 11 is 12.6. The van der Waals surface area contributed by atoms with E-state index in [1.54, 1.807) is 23.1 Å². The minimum atomic E-state index is -0.647. The standard InChI is InChI=1S/C32H24Cl2N2O2/c33-24-15-13-20(14-16-24)23-18-27-30(29(37)19-23)31(22-9-6-10-25(34)17-22)36(28-12-5-4-11-26(28)35-27)32(38)21-7-2-1-3-8-21/h1-17,23,31,35H,18-19H2/t23-,31-/m1/s1. The van der Waals surface area contributed by atoms with Gasteiger partial charge in [-0.25, -0.2) is 0 Å². The fourth-order valence-corrected chi connectivity index (χ4v) is 5.82. The van der Waals surface area contributed by atoms with Gasteiger partial charge in [-0.3, -0.25) is 14.5 Å². The third-order valence-electron chi connectivity index (χ3n) is 7.23. The number of halogens is 2. The first-order chi connectivity index (χ1) is 18.5. The fourth-order valence-electron chi connectivity index (χ4n) is 5.50. The van der Waals surface area contributed by atoms with Crippen LogP contribution in [0.3, 0.4) is 0 Å². The van der Waals surface area contributed by atoms with Gasteiger partial charge in [0.25, 0.3) is 5.91 Å². The largest absolute Gasteiger partial charge is 0.357 e. The molecule has 38 heavy (non-hydrogen) atoms. The molecule has 0 unspecified atom stereocenters. The summed E-state index contributed by atoms with van der Waals surface area (Å²) in [7, 11) is 0. The Labute approximate surface area is 231 Å². The molecular weight excluding hydrogens is 515 g/mol. The molecule has 2 aliphatic rings. The first-order valence-electron chi connectivity index (χ1n) is 12.5. The Bertz CT molecular complexity index is 1560. The van der Waals surface area contributed by atoms with Gasteiger partial charge in [-0.15, -0.1) is 0 Å². The number of nitrogens with zero attached hydrogens (tertiary/aromatic N) is 1. The Balaban J connectivity index is 1.56. The lowest BCUT2D eigenvalue weighted by Crippen LogP contribution is -2.38. The van der Waals surface area contributed by atoms with E-state index in [2.05, 4.69) is 5.32 Å². The van der Waals surface area contributed by atoms with Gasteiger partial charge in [0.2, 0.25) is 0 Å². The van der Waals surface area contributed by atoms with E-state index < -0.39 is 6.04 Å². The summed E-state index contributed by atoms with van der Waals surface area (Å²) in [5, 5.41) is 4.77. The average Bonchev–Trinajstić information content (AvgIpc) is 3.08. The monoisotopic (exact) mass is 538 g/mol. The molecule has 6 heteroatoms. The number of hydrogen-bond acceptors (Lipinski definition) is 3. The van der Waals surface area contributed by atoms with Crippen LogP contribution in [0.15, 0.2) is 114 Å². The van der Waals surface area contributed by atoms with Crippen LogP contribution in [0.2, 0.25) is 10.0 Å². The molecular formula is C32H24Cl2N2O2. The summed E-state index contributed by atoms with van der Waals surface area (Å²) in [6.45, 7) is 0. The number of anilines is 2. The second kappa shape index (κ2) is 10.1. The van der Waals surface area contributed by atoms with Crippen molar-refractivity contribution in [2.45, 2.75) is 24.8 Å². The van der Waals surface area contributed by atoms with Crippen molar-refractivity contribution < 1.29 is 9.59 Å². The Morgan fingerprint density at radius 2 is 1.50 bits per heavy atom. The van der Waals surface area contributed by atoms with Crippen LogP contribution in [0.1, 0.15) is 46.3 Å². The van der Waals surface area contributed by atoms with E-state index in [1.807, 2.05) is 84.9 Å². The molecule has 1 heterocycles. The number of para-hydroxylation sites is 2. The normalized spacial score (nSPS) is 18.8. The van der Waals surface area contributed by atoms with Gasteiger partial charge >= 0.3 is 0 Å². The number of nitrogens with one attached hydrogen (secondary N) is 1. The molecule has 6 rings (SSSR count). The molecule has 4 aromatic rings. The van der Waals surface area contributed by atoms with Crippen molar-refractivity contribution in [3.05, 3.63) is 141 Å².